The minimum Gasteiger partial charge on any atom is -0.462 e. The largest absolute Gasteiger partial charge is 0.462 e. The molecule has 1 atom stereocenters. The second kappa shape index (κ2) is 47.3. The van der Waals surface area contributed by atoms with Crippen molar-refractivity contribution in [2.24, 2.45) is 0 Å². The Hall–Kier alpha value is -3.41. The SMILES string of the molecule is CC/C=C\C/C=C\C/C=C\C/C=C\C/C=C\C/C=C\CCCCCCCCC(=O)OCC(COC(=O)CCCCCCCC)OC(=O)CCCCCCC/C=C\CCC. The number of rotatable bonds is 42. The third-order valence-electron chi connectivity index (χ3n) is 9.86. The number of hydrogen-bond donors (Lipinski definition) is 0. The van der Waals surface area contributed by atoms with E-state index >= 15 is 0 Å². The molecule has 0 N–H and O–H groups in total. The molecule has 0 rings (SSSR count). The van der Waals surface area contributed by atoms with E-state index in [4.69, 9.17) is 14.2 Å². The fourth-order valence-corrected chi connectivity index (χ4v) is 6.27. The van der Waals surface area contributed by atoms with Crippen LogP contribution in [0.2, 0.25) is 0 Å². The maximum atomic E-state index is 12.6. The molecule has 59 heavy (non-hydrogen) atoms. The van der Waals surface area contributed by atoms with Gasteiger partial charge < -0.3 is 14.2 Å². The van der Waals surface area contributed by atoms with Crippen LogP contribution in [0.3, 0.4) is 0 Å². The summed E-state index contributed by atoms with van der Waals surface area (Å²) in [6.45, 7) is 6.36. The van der Waals surface area contributed by atoms with Crippen molar-refractivity contribution in [2.45, 2.75) is 219 Å². The van der Waals surface area contributed by atoms with Gasteiger partial charge in [0, 0.05) is 19.3 Å². The van der Waals surface area contributed by atoms with Crippen LogP contribution in [-0.2, 0) is 28.6 Å². The van der Waals surface area contributed by atoms with Crippen LogP contribution in [0.15, 0.2) is 85.1 Å². The van der Waals surface area contributed by atoms with Crippen molar-refractivity contribution < 1.29 is 28.6 Å². The number of carbonyl (C=O) groups excluding carboxylic acids is 3. The van der Waals surface area contributed by atoms with Crippen LogP contribution < -0.4 is 0 Å². The van der Waals surface area contributed by atoms with E-state index in [0.717, 1.165) is 128 Å². The Morgan fingerprint density at radius 1 is 0.356 bits per heavy atom. The van der Waals surface area contributed by atoms with Gasteiger partial charge in [-0.25, -0.2) is 0 Å². The molecule has 0 spiro atoms. The summed E-state index contributed by atoms with van der Waals surface area (Å²) in [5.74, 6) is -0.928. The molecule has 0 aromatic heterocycles. The molecular weight excluding hydrogens is 733 g/mol. The van der Waals surface area contributed by atoms with Gasteiger partial charge >= 0.3 is 17.9 Å². The zero-order valence-electron chi connectivity index (χ0n) is 38.2. The molecule has 0 fully saturated rings. The van der Waals surface area contributed by atoms with Crippen molar-refractivity contribution in [2.75, 3.05) is 13.2 Å². The summed E-state index contributed by atoms with van der Waals surface area (Å²) < 4.78 is 16.6. The highest BCUT2D eigenvalue weighted by atomic mass is 16.6. The number of allylic oxidation sites excluding steroid dienone is 14. The van der Waals surface area contributed by atoms with Gasteiger partial charge in [-0.15, -0.1) is 0 Å². The maximum Gasteiger partial charge on any atom is 0.306 e. The van der Waals surface area contributed by atoms with Gasteiger partial charge in [0.1, 0.15) is 13.2 Å². The normalized spacial score (nSPS) is 12.8. The van der Waals surface area contributed by atoms with Crippen molar-refractivity contribution in [3.63, 3.8) is 0 Å². The molecule has 1 unspecified atom stereocenters. The average molecular weight is 821 g/mol. The molecule has 6 heteroatoms. The molecule has 0 radical (unpaired) electrons. The summed E-state index contributed by atoms with van der Waals surface area (Å²) in [7, 11) is 0. The van der Waals surface area contributed by atoms with E-state index in [0.29, 0.717) is 19.3 Å². The van der Waals surface area contributed by atoms with Crippen LogP contribution in [-0.4, -0.2) is 37.2 Å². The van der Waals surface area contributed by atoms with Crippen LogP contribution in [0.4, 0.5) is 0 Å². The third-order valence-corrected chi connectivity index (χ3v) is 9.86. The molecule has 0 amide bonds. The molecule has 0 saturated carbocycles. The van der Waals surface area contributed by atoms with E-state index in [1.54, 1.807) is 0 Å². The van der Waals surface area contributed by atoms with Gasteiger partial charge in [0.25, 0.3) is 0 Å². The number of ether oxygens (including phenoxy) is 3. The summed E-state index contributed by atoms with van der Waals surface area (Å²) in [6.07, 6.45) is 60.3. The van der Waals surface area contributed by atoms with Crippen molar-refractivity contribution in [1.29, 1.82) is 0 Å². The van der Waals surface area contributed by atoms with E-state index in [-0.39, 0.29) is 31.1 Å². The van der Waals surface area contributed by atoms with Gasteiger partial charge in [-0.3, -0.25) is 14.4 Å². The molecule has 6 nitrogen and oxygen atoms in total. The lowest BCUT2D eigenvalue weighted by molar-refractivity contribution is -0.167. The van der Waals surface area contributed by atoms with E-state index in [2.05, 4.69) is 106 Å². The summed E-state index contributed by atoms with van der Waals surface area (Å²) in [4.78, 5) is 37.5. The quantitative estimate of drug-likeness (QED) is 0.0264. The minimum absolute atomic E-state index is 0.0855. The van der Waals surface area contributed by atoms with Crippen LogP contribution in [0.5, 0.6) is 0 Å². The van der Waals surface area contributed by atoms with Gasteiger partial charge in [0.05, 0.1) is 0 Å². The van der Waals surface area contributed by atoms with Gasteiger partial charge in [-0.1, -0.05) is 189 Å². The van der Waals surface area contributed by atoms with E-state index in [1.807, 2.05) is 0 Å². The first kappa shape index (κ1) is 55.6. The highest BCUT2D eigenvalue weighted by molar-refractivity contribution is 5.71. The van der Waals surface area contributed by atoms with Gasteiger partial charge in [0.15, 0.2) is 6.10 Å². The zero-order valence-corrected chi connectivity index (χ0v) is 38.2. The fraction of sp³-hybridized carbons (Fsp3) is 0.679. The highest BCUT2D eigenvalue weighted by Crippen LogP contribution is 2.13. The Bertz CT molecular complexity index is 1170. The van der Waals surface area contributed by atoms with Crippen LogP contribution in [0.25, 0.3) is 0 Å². The Morgan fingerprint density at radius 3 is 1.12 bits per heavy atom. The summed E-state index contributed by atoms with van der Waals surface area (Å²) in [5, 5.41) is 0. The lowest BCUT2D eigenvalue weighted by Crippen LogP contribution is -2.30. The summed E-state index contributed by atoms with van der Waals surface area (Å²) >= 11 is 0. The maximum absolute atomic E-state index is 12.6. The fourth-order valence-electron chi connectivity index (χ4n) is 6.27. The van der Waals surface area contributed by atoms with Crippen LogP contribution in [0, 0.1) is 0 Å². The Labute approximate surface area is 363 Å². The smallest absolute Gasteiger partial charge is 0.306 e. The molecule has 0 aromatic rings. The van der Waals surface area contributed by atoms with Gasteiger partial charge in [-0.2, -0.15) is 0 Å². The van der Waals surface area contributed by atoms with Crippen molar-refractivity contribution in [3.05, 3.63) is 85.1 Å². The van der Waals surface area contributed by atoms with E-state index < -0.39 is 6.10 Å². The summed E-state index contributed by atoms with van der Waals surface area (Å²) in [6, 6.07) is 0. The summed E-state index contributed by atoms with van der Waals surface area (Å²) in [5.41, 5.74) is 0. The molecule has 0 aliphatic rings. The highest BCUT2D eigenvalue weighted by Gasteiger charge is 2.19. The van der Waals surface area contributed by atoms with Crippen molar-refractivity contribution in [1.82, 2.24) is 0 Å². The van der Waals surface area contributed by atoms with Crippen molar-refractivity contribution in [3.8, 4) is 0 Å². The molecule has 0 aromatic carbocycles. The first-order valence-corrected chi connectivity index (χ1v) is 24.1. The molecule has 0 aliphatic heterocycles. The monoisotopic (exact) mass is 821 g/mol. The Kier molecular flexibility index (Phi) is 44.5. The minimum atomic E-state index is -0.781. The second-order valence-electron chi connectivity index (χ2n) is 15.6. The molecular formula is C53H88O6. The van der Waals surface area contributed by atoms with Crippen LogP contribution >= 0.6 is 0 Å². The second-order valence-corrected chi connectivity index (χ2v) is 15.6. The predicted octanol–water partition coefficient (Wildman–Crippen LogP) is 15.6. The molecule has 0 bridgehead atoms. The first-order chi connectivity index (χ1) is 29.0. The molecule has 0 heterocycles. The topological polar surface area (TPSA) is 78.9 Å². The lowest BCUT2D eigenvalue weighted by Gasteiger charge is -2.18. The molecule has 336 valence electrons. The number of esters is 3. The van der Waals surface area contributed by atoms with E-state index in [9.17, 15) is 14.4 Å². The number of hydrogen-bond acceptors (Lipinski definition) is 6. The first-order valence-electron chi connectivity index (χ1n) is 24.1. The standard InChI is InChI=1S/C53H88O6/c1-4-7-10-13-16-18-20-21-22-23-24-25-26-27-28-29-30-31-32-33-34-36-37-40-43-46-52(55)58-49-50(48-57-51(54)45-42-39-15-12-9-6-3)59-53(56)47-44-41-38-35-19-17-14-11-8-5-2/h7,10-11,14,16,18,21-22,24-25,27-28,30-31,50H,4-6,8-9,12-13,15,17,19-20,23,26,29,32-49H2,1-3H3/b10-7-,14-11-,18-16-,22-21-,25-24-,28-27-,31-30-. The van der Waals surface area contributed by atoms with Gasteiger partial charge in [-0.05, 0) is 89.9 Å². The van der Waals surface area contributed by atoms with Gasteiger partial charge in [0.2, 0.25) is 0 Å². The van der Waals surface area contributed by atoms with E-state index in [1.165, 1.54) is 44.9 Å². The van der Waals surface area contributed by atoms with Crippen molar-refractivity contribution >= 4 is 17.9 Å². The average Bonchev–Trinajstić information content (AvgIpc) is 3.23. The zero-order chi connectivity index (χ0) is 43.0. The lowest BCUT2D eigenvalue weighted by atomic mass is 10.1. The molecule has 0 saturated heterocycles. The Morgan fingerprint density at radius 2 is 0.695 bits per heavy atom. The molecule has 0 aliphatic carbocycles. The Balaban J connectivity index is 4.18. The number of unbranched alkanes of at least 4 members (excludes halogenated alkanes) is 17. The van der Waals surface area contributed by atoms with Crippen LogP contribution in [0.1, 0.15) is 213 Å². The predicted molar refractivity (Wildman–Crippen MR) is 251 cm³/mol. The number of carbonyl (C=O) groups is 3. The third kappa shape index (κ3) is 45.5.